The lowest BCUT2D eigenvalue weighted by molar-refractivity contribution is -0.0790. The number of nitrogens with two attached hydrogens (primary N) is 1. The van der Waals surface area contributed by atoms with E-state index in [0.717, 1.165) is 24.7 Å². The highest BCUT2D eigenvalue weighted by molar-refractivity contribution is 5.45. The molecule has 1 saturated heterocycles. The van der Waals surface area contributed by atoms with Crippen LogP contribution in [0.2, 0.25) is 0 Å². The van der Waals surface area contributed by atoms with Gasteiger partial charge < -0.3 is 19.9 Å². The van der Waals surface area contributed by atoms with Crippen molar-refractivity contribution >= 4 is 0 Å². The minimum absolute atomic E-state index is 0.0173. The van der Waals surface area contributed by atoms with Gasteiger partial charge in [0.25, 0.3) is 0 Å². The van der Waals surface area contributed by atoms with Gasteiger partial charge in [-0.1, -0.05) is 6.07 Å². The first kappa shape index (κ1) is 14.6. The lowest BCUT2D eigenvalue weighted by Gasteiger charge is -2.43. The van der Waals surface area contributed by atoms with Crippen LogP contribution in [0.15, 0.2) is 18.2 Å². The summed E-state index contributed by atoms with van der Waals surface area (Å²) in [5.41, 5.74) is 7.11. The van der Waals surface area contributed by atoms with Crippen LogP contribution in [0, 0.1) is 0 Å². The van der Waals surface area contributed by atoms with E-state index in [1.165, 1.54) is 5.56 Å². The highest BCUT2D eigenvalue weighted by Gasteiger charge is 2.34. The van der Waals surface area contributed by atoms with E-state index in [9.17, 15) is 0 Å². The summed E-state index contributed by atoms with van der Waals surface area (Å²) in [4.78, 5) is 2.45. The summed E-state index contributed by atoms with van der Waals surface area (Å²) in [5.74, 6) is 1.64. The summed E-state index contributed by atoms with van der Waals surface area (Å²) >= 11 is 0. The van der Waals surface area contributed by atoms with Gasteiger partial charge in [0.15, 0.2) is 11.5 Å². The lowest BCUT2D eigenvalue weighted by atomic mass is 9.96. The number of rotatable bonds is 3. The lowest BCUT2D eigenvalue weighted by Crippen LogP contribution is -2.50. The molecule has 1 fully saturated rings. The fourth-order valence-electron chi connectivity index (χ4n) is 3.18. The molecule has 116 valence electrons. The molecule has 0 radical (unpaired) electrons. The third-order valence-electron chi connectivity index (χ3n) is 4.19. The molecule has 0 spiro atoms. The van der Waals surface area contributed by atoms with E-state index in [4.69, 9.17) is 19.9 Å². The van der Waals surface area contributed by atoms with Gasteiger partial charge >= 0.3 is 0 Å². The van der Waals surface area contributed by atoms with Crippen LogP contribution in [0.25, 0.3) is 0 Å². The van der Waals surface area contributed by atoms with Crippen LogP contribution in [-0.2, 0) is 4.74 Å². The van der Waals surface area contributed by atoms with Crippen molar-refractivity contribution < 1.29 is 14.2 Å². The number of hydrogen-bond acceptors (Lipinski definition) is 5. The Balaban J connectivity index is 1.94. The first-order chi connectivity index (χ1) is 10.2. The van der Waals surface area contributed by atoms with Crippen molar-refractivity contribution in [2.75, 3.05) is 32.9 Å². The Labute approximate surface area is 126 Å². The summed E-state index contributed by atoms with van der Waals surface area (Å²) < 4.78 is 17.2. The van der Waals surface area contributed by atoms with Crippen molar-refractivity contribution in [3.63, 3.8) is 0 Å². The van der Waals surface area contributed by atoms with E-state index >= 15 is 0 Å². The van der Waals surface area contributed by atoms with Gasteiger partial charge in [0, 0.05) is 19.1 Å². The molecule has 0 saturated carbocycles. The molecule has 2 heterocycles. The zero-order valence-electron chi connectivity index (χ0n) is 12.7. The van der Waals surface area contributed by atoms with Crippen molar-refractivity contribution in [2.45, 2.75) is 32.0 Å². The molecule has 2 atom stereocenters. The van der Waals surface area contributed by atoms with Crippen LogP contribution < -0.4 is 15.2 Å². The number of fused-ring (bicyclic) bond motifs is 1. The predicted molar refractivity (Wildman–Crippen MR) is 80.8 cm³/mol. The highest BCUT2D eigenvalue weighted by Crippen LogP contribution is 2.37. The summed E-state index contributed by atoms with van der Waals surface area (Å²) in [7, 11) is 0. The maximum atomic E-state index is 5.92. The third-order valence-corrected chi connectivity index (χ3v) is 4.19. The minimum atomic E-state index is 0.0173. The Hall–Kier alpha value is -1.30. The number of ether oxygens (including phenoxy) is 3. The topological polar surface area (TPSA) is 57.0 Å². The number of morpholine rings is 1. The van der Waals surface area contributed by atoms with Crippen LogP contribution >= 0.6 is 0 Å². The van der Waals surface area contributed by atoms with E-state index in [-0.39, 0.29) is 12.1 Å². The largest absolute Gasteiger partial charge is 0.486 e. The van der Waals surface area contributed by atoms with Crippen molar-refractivity contribution in [1.29, 1.82) is 0 Å². The quantitative estimate of drug-likeness (QED) is 0.916. The van der Waals surface area contributed by atoms with E-state index < -0.39 is 0 Å². The molecule has 5 heteroatoms. The second kappa shape index (κ2) is 6.22. The molecule has 3 rings (SSSR count). The Morgan fingerprint density at radius 1 is 1.19 bits per heavy atom. The van der Waals surface area contributed by atoms with Gasteiger partial charge in [-0.2, -0.15) is 0 Å². The van der Waals surface area contributed by atoms with Gasteiger partial charge in [0.05, 0.1) is 18.8 Å². The predicted octanol–water partition coefficient (Wildman–Crippen LogP) is 1.57. The van der Waals surface area contributed by atoms with Gasteiger partial charge in [-0.15, -0.1) is 0 Å². The summed E-state index contributed by atoms with van der Waals surface area (Å²) in [6, 6.07) is 6.78. The van der Waals surface area contributed by atoms with Crippen LogP contribution in [-0.4, -0.2) is 50.0 Å². The molecular weight excluding hydrogens is 268 g/mol. The van der Waals surface area contributed by atoms with Crippen LogP contribution in [0.4, 0.5) is 0 Å². The summed E-state index contributed by atoms with van der Waals surface area (Å²) in [6.45, 7) is 7.82. The van der Waals surface area contributed by atoms with Crippen molar-refractivity contribution in [1.82, 2.24) is 4.90 Å². The highest BCUT2D eigenvalue weighted by atomic mass is 16.6. The maximum absolute atomic E-state index is 5.92. The minimum Gasteiger partial charge on any atom is -0.486 e. The van der Waals surface area contributed by atoms with E-state index in [2.05, 4.69) is 30.9 Å². The third kappa shape index (κ3) is 2.86. The average Bonchev–Trinajstić information content (AvgIpc) is 2.53. The standard InChI is InChI=1S/C16H24N2O3/c1-11(2)18-5-6-19-15(10-17)16(18)12-3-4-13-14(9-12)21-8-7-20-13/h3-4,9,11,15-16H,5-8,10,17H2,1-2H3. The molecule has 5 nitrogen and oxygen atoms in total. The summed E-state index contributed by atoms with van der Waals surface area (Å²) in [6.07, 6.45) is 0.0173. The Kier molecular flexibility index (Phi) is 4.33. The SMILES string of the molecule is CC(C)N1CCOC(CN)C1c1ccc2c(c1)OCCO2. The smallest absolute Gasteiger partial charge is 0.161 e. The van der Waals surface area contributed by atoms with Gasteiger partial charge in [0.1, 0.15) is 13.2 Å². The fraction of sp³-hybridized carbons (Fsp3) is 0.625. The van der Waals surface area contributed by atoms with E-state index in [0.29, 0.717) is 25.8 Å². The fourth-order valence-corrected chi connectivity index (χ4v) is 3.18. The van der Waals surface area contributed by atoms with Gasteiger partial charge in [0.2, 0.25) is 0 Å². The second-order valence-electron chi connectivity index (χ2n) is 5.82. The summed E-state index contributed by atoms with van der Waals surface area (Å²) in [5, 5.41) is 0. The molecule has 0 bridgehead atoms. The molecule has 2 aliphatic heterocycles. The second-order valence-corrected chi connectivity index (χ2v) is 5.82. The van der Waals surface area contributed by atoms with Crippen molar-refractivity contribution in [2.24, 2.45) is 5.73 Å². The molecule has 0 amide bonds. The molecule has 0 aliphatic carbocycles. The molecule has 2 unspecified atom stereocenters. The normalized spacial score (nSPS) is 26.1. The molecule has 1 aromatic carbocycles. The van der Waals surface area contributed by atoms with Crippen molar-refractivity contribution in [3.05, 3.63) is 23.8 Å². The molecule has 21 heavy (non-hydrogen) atoms. The molecule has 2 N–H and O–H groups in total. The number of hydrogen-bond donors (Lipinski definition) is 1. The van der Waals surface area contributed by atoms with Gasteiger partial charge in [-0.3, -0.25) is 4.90 Å². The van der Waals surface area contributed by atoms with Gasteiger partial charge in [-0.25, -0.2) is 0 Å². The maximum Gasteiger partial charge on any atom is 0.161 e. The molecule has 0 aromatic heterocycles. The number of nitrogens with zero attached hydrogens (tertiary/aromatic N) is 1. The van der Waals surface area contributed by atoms with Gasteiger partial charge in [-0.05, 0) is 31.5 Å². The molecular formula is C16H24N2O3. The molecule has 2 aliphatic rings. The zero-order valence-corrected chi connectivity index (χ0v) is 12.7. The average molecular weight is 292 g/mol. The Morgan fingerprint density at radius 2 is 1.95 bits per heavy atom. The molecule has 1 aromatic rings. The Bertz CT molecular complexity index is 492. The van der Waals surface area contributed by atoms with Crippen LogP contribution in [0.1, 0.15) is 25.5 Å². The van der Waals surface area contributed by atoms with Crippen molar-refractivity contribution in [3.8, 4) is 11.5 Å². The Morgan fingerprint density at radius 3 is 2.67 bits per heavy atom. The number of benzene rings is 1. The van der Waals surface area contributed by atoms with Crippen LogP contribution in [0.3, 0.4) is 0 Å². The van der Waals surface area contributed by atoms with E-state index in [1.54, 1.807) is 0 Å². The van der Waals surface area contributed by atoms with Crippen LogP contribution in [0.5, 0.6) is 11.5 Å². The van der Waals surface area contributed by atoms with E-state index in [1.807, 2.05) is 6.07 Å². The first-order valence-corrected chi connectivity index (χ1v) is 7.67. The zero-order chi connectivity index (χ0) is 14.8. The monoisotopic (exact) mass is 292 g/mol. The first-order valence-electron chi connectivity index (χ1n) is 7.67.